The van der Waals surface area contributed by atoms with E-state index in [9.17, 15) is 14.4 Å². The molecule has 9 heteroatoms. The molecule has 0 bridgehead atoms. The number of carbonyl (C=O) groups excluding carboxylic acids is 1. The van der Waals surface area contributed by atoms with Gasteiger partial charge in [-0.05, 0) is 26.2 Å². The van der Waals surface area contributed by atoms with E-state index in [1.165, 1.54) is 17.0 Å². The van der Waals surface area contributed by atoms with Crippen molar-refractivity contribution in [1.29, 1.82) is 0 Å². The zero-order valence-electron chi connectivity index (χ0n) is 14.0. The second kappa shape index (κ2) is 7.56. The topological polar surface area (TPSA) is 105 Å². The molecule has 3 rings (SSSR count). The van der Waals surface area contributed by atoms with Crippen LogP contribution in [0.3, 0.4) is 0 Å². The number of hydrogen-bond donors (Lipinski definition) is 0. The molecule has 0 spiro atoms. The summed E-state index contributed by atoms with van der Waals surface area (Å²) in [6, 6.07) is 0. The van der Waals surface area contributed by atoms with Crippen LogP contribution in [0.1, 0.15) is 38.8 Å². The van der Waals surface area contributed by atoms with E-state index in [4.69, 9.17) is 9.47 Å². The first-order chi connectivity index (χ1) is 12.1. The zero-order valence-corrected chi connectivity index (χ0v) is 14.0. The molecule has 1 fully saturated rings. The highest BCUT2D eigenvalue weighted by Gasteiger charge is 2.24. The van der Waals surface area contributed by atoms with Gasteiger partial charge in [0.1, 0.15) is 6.23 Å². The number of ether oxygens (including phenoxy) is 2. The van der Waals surface area contributed by atoms with Gasteiger partial charge in [-0.2, -0.15) is 0 Å². The molecule has 2 aromatic heterocycles. The molecule has 1 atom stereocenters. The van der Waals surface area contributed by atoms with E-state index in [-0.39, 0.29) is 30.1 Å². The SMILES string of the molecule is CCOC(=O)CCCn1c(=O)c2nccnc2n(C2CCCO2)c1=O. The van der Waals surface area contributed by atoms with Gasteiger partial charge in [-0.15, -0.1) is 0 Å². The van der Waals surface area contributed by atoms with Gasteiger partial charge in [0.15, 0.2) is 11.2 Å². The van der Waals surface area contributed by atoms with Gasteiger partial charge in [0.2, 0.25) is 0 Å². The summed E-state index contributed by atoms with van der Waals surface area (Å²) in [7, 11) is 0. The lowest BCUT2D eigenvalue weighted by atomic mass is 10.3. The van der Waals surface area contributed by atoms with E-state index in [0.29, 0.717) is 26.1 Å². The summed E-state index contributed by atoms with van der Waals surface area (Å²) >= 11 is 0. The van der Waals surface area contributed by atoms with Crippen LogP contribution in [0.25, 0.3) is 11.2 Å². The normalized spacial score (nSPS) is 17.1. The van der Waals surface area contributed by atoms with Crippen molar-refractivity contribution in [3.05, 3.63) is 33.2 Å². The molecule has 0 saturated carbocycles. The third-order valence-corrected chi connectivity index (χ3v) is 4.05. The first-order valence-corrected chi connectivity index (χ1v) is 8.36. The summed E-state index contributed by atoms with van der Waals surface area (Å²) in [6.07, 6.45) is 4.37. The molecule has 1 aliphatic heterocycles. The average Bonchev–Trinajstić information content (AvgIpc) is 3.12. The number of hydrogen-bond acceptors (Lipinski definition) is 7. The zero-order chi connectivity index (χ0) is 17.8. The van der Waals surface area contributed by atoms with Gasteiger partial charge >= 0.3 is 11.7 Å². The average molecular weight is 348 g/mol. The minimum Gasteiger partial charge on any atom is -0.466 e. The lowest BCUT2D eigenvalue weighted by Gasteiger charge is -2.17. The summed E-state index contributed by atoms with van der Waals surface area (Å²) in [6.45, 7) is 2.69. The predicted octanol–water partition coefficient (Wildman–Crippen LogP) is 0.606. The summed E-state index contributed by atoms with van der Waals surface area (Å²) in [4.78, 5) is 45.2. The number of nitrogens with zero attached hydrogens (tertiary/aromatic N) is 4. The molecule has 3 heterocycles. The fourth-order valence-electron chi connectivity index (χ4n) is 2.93. The van der Waals surface area contributed by atoms with Crippen molar-refractivity contribution in [3.63, 3.8) is 0 Å². The quantitative estimate of drug-likeness (QED) is 0.704. The fraction of sp³-hybridized carbons (Fsp3) is 0.562. The fourth-order valence-corrected chi connectivity index (χ4v) is 2.93. The Balaban J connectivity index is 1.99. The lowest BCUT2D eigenvalue weighted by molar-refractivity contribution is -0.143. The molecule has 25 heavy (non-hydrogen) atoms. The van der Waals surface area contributed by atoms with Gasteiger partial charge in [-0.3, -0.25) is 14.2 Å². The number of esters is 1. The Labute approximate surface area is 143 Å². The molecule has 1 saturated heterocycles. The van der Waals surface area contributed by atoms with Crippen molar-refractivity contribution in [2.45, 2.75) is 45.4 Å². The van der Waals surface area contributed by atoms with Gasteiger partial charge < -0.3 is 9.47 Å². The van der Waals surface area contributed by atoms with Crippen LogP contribution in [0.15, 0.2) is 22.0 Å². The molecule has 0 aliphatic carbocycles. The molecule has 2 aromatic rings. The van der Waals surface area contributed by atoms with Crippen molar-refractivity contribution in [3.8, 4) is 0 Å². The van der Waals surface area contributed by atoms with Crippen LogP contribution in [-0.2, 0) is 20.8 Å². The number of rotatable bonds is 6. The smallest absolute Gasteiger partial charge is 0.334 e. The molecule has 0 N–H and O–H groups in total. The van der Waals surface area contributed by atoms with E-state index in [1.807, 2.05) is 0 Å². The van der Waals surface area contributed by atoms with Crippen molar-refractivity contribution in [1.82, 2.24) is 19.1 Å². The largest absolute Gasteiger partial charge is 0.466 e. The highest BCUT2D eigenvalue weighted by Crippen LogP contribution is 2.22. The Hall–Kier alpha value is -2.55. The van der Waals surface area contributed by atoms with E-state index in [1.54, 1.807) is 6.92 Å². The first-order valence-electron chi connectivity index (χ1n) is 8.36. The molecule has 1 unspecified atom stereocenters. The number of carbonyl (C=O) groups is 1. The van der Waals surface area contributed by atoms with E-state index in [0.717, 1.165) is 11.0 Å². The van der Waals surface area contributed by atoms with Crippen molar-refractivity contribution < 1.29 is 14.3 Å². The van der Waals surface area contributed by atoms with Crippen LogP contribution >= 0.6 is 0 Å². The van der Waals surface area contributed by atoms with Gasteiger partial charge in [0, 0.05) is 32.0 Å². The monoisotopic (exact) mass is 348 g/mol. The van der Waals surface area contributed by atoms with Crippen LogP contribution in [0.4, 0.5) is 0 Å². The van der Waals surface area contributed by atoms with Gasteiger partial charge in [0.05, 0.1) is 6.61 Å². The minimum atomic E-state index is -0.508. The highest BCUT2D eigenvalue weighted by molar-refractivity contribution is 5.69. The molecule has 0 aromatic carbocycles. The maximum Gasteiger partial charge on any atom is 0.334 e. The molecule has 1 aliphatic rings. The maximum absolute atomic E-state index is 12.9. The van der Waals surface area contributed by atoms with Crippen molar-refractivity contribution in [2.24, 2.45) is 0 Å². The van der Waals surface area contributed by atoms with Crippen LogP contribution in [-0.4, -0.2) is 38.3 Å². The molecule has 9 nitrogen and oxygen atoms in total. The summed E-state index contributed by atoms with van der Waals surface area (Å²) in [5.41, 5.74) is -0.653. The second-order valence-electron chi connectivity index (χ2n) is 5.71. The molecular formula is C16H20N4O5. The van der Waals surface area contributed by atoms with Crippen LogP contribution < -0.4 is 11.2 Å². The standard InChI is InChI=1S/C16H20N4O5/c1-2-24-12(21)6-3-9-19-15(22)13-14(18-8-7-17-13)20(16(19)23)11-5-4-10-25-11/h7-8,11H,2-6,9-10H2,1H3. The number of aromatic nitrogens is 4. The first kappa shape index (κ1) is 17.3. The van der Waals surface area contributed by atoms with Gasteiger partial charge in [-0.1, -0.05) is 0 Å². The van der Waals surface area contributed by atoms with E-state index in [2.05, 4.69) is 9.97 Å². The van der Waals surface area contributed by atoms with Gasteiger partial charge in [-0.25, -0.2) is 19.3 Å². The Morgan fingerprint density at radius 3 is 2.88 bits per heavy atom. The van der Waals surface area contributed by atoms with Crippen molar-refractivity contribution in [2.75, 3.05) is 13.2 Å². The van der Waals surface area contributed by atoms with Crippen LogP contribution in [0.2, 0.25) is 0 Å². The summed E-state index contributed by atoms with van der Waals surface area (Å²) < 4.78 is 13.0. The summed E-state index contributed by atoms with van der Waals surface area (Å²) in [5, 5.41) is 0. The van der Waals surface area contributed by atoms with Gasteiger partial charge in [0.25, 0.3) is 5.56 Å². The van der Waals surface area contributed by atoms with E-state index < -0.39 is 17.5 Å². The Morgan fingerprint density at radius 2 is 2.16 bits per heavy atom. The third-order valence-electron chi connectivity index (χ3n) is 4.05. The Bertz CT molecular complexity index is 882. The highest BCUT2D eigenvalue weighted by atomic mass is 16.5. The summed E-state index contributed by atoms with van der Waals surface area (Å²) in [5.74, 6) is -0.351. The lowest BCUT2D eigenvalue weighted by Crippen LogP contribution is -2.42. The number of fused-ring (bicyclic) bond motifs is 1. The van der Waals surface area contributed by atoms with Crippen LogP contribution in [0, 0.1) is 0 Å². The predicted molar refractivity (Wildman–Crippen MR) is 88.1 cm³/mol. The molecule has 134 valence electrons. The minimum absolute atomic E-state index is 0.107. The maximum atomic E-state index is 12.9. The third kappa shape index (κ3) is 3.46. The Morgan fingerprint density at radius 1 is 1.36 bits per heavy atom. The second-order valence-corrected chi connectivity index (χ2v) is 5.71. The van der Waals surface area contributed by atoms with Crippen LogP contribution in [0.5, 0.6) is 0 Å². The van der Waals surface area contributed by atoms with E-state index >= 15 is 0 Å². The molecule has 0 amide bonds. The Kier molecular flexibility index (Phi) is 5.22. The molecule has 0 radical (unpaired) electrons. The molecular weight excluding hydrogens is 328 g/mol. The van der Waals surface area contributed by atoms with Crippen molar-refractivity contribution >= 4 is 17.1 Å².